The summed E-state index contributed by atoms with van der Waals surface area (Å²) >= 11 is 3.27. The molecule has 2 aromatic heterocycles. The van der Waals surface area contributed by atoms with Crippen molar-refractivity contribution in [3.8, 4) is 32.0 Å². The summed E-state index contributed by atoms with van der Waals surface area (Å²) < 4.78 is 0. The van der Waals surface area contributed by atoms with E-state index in [1.54, 1.807) is 22.7 Å². The van der Waals surface area contributed by atoms with Gasteiger partial charge >= 0.3 is 0 Å². The van der Waals surface area contributed by atoms with Crippen molar-refractivity contribution in [3.05, 3.63) is 143 Å². The van der Waals surface area contributed by atoms with Gasteiger partial charge in [-0.3, -0.25) is 19.2 Å². The summed E-state index contributed by atoms with van der Waals surface area (Å²) in [4.78, 5) is 76.0. The lowest BCUT2D eigenvalue weighted by Gasteiger charge is -2.29. The highest BCUT2D eigenvalue weighted by Crippen LogP contribution is 2.41. The van der Waals surface area contributed by atoms with Gasteiger partial charge in [-0.25, -0.2) is 9.97 Å². The van der Waals surface area contributed by atoms with Crippen LogP contribution in [-0.2, 0) is 19.2 Å². The monoisotopic (exact) mass is 1000 g/mol. The summed E-state index contributed by atoms with van der Waals surface area (Å²) in [7, 11) is 0. The number of piperazine rings is 2. The first kappa shape index (κ1) is 49.6. The number of rotatable bonds is 18. The third kappa shape index (κ3) is 11.9. The lowest BCUT2D eigenvalue weighted by atomic mass is 9.91. The van der Waals surface area contributed by atoms with Crippen molar-refractivity contribution >= 4 is 46.2 Å². The predicted octanol–water partition coefficient (Wildman–Crippen LogP) is 8.12. The Morgan fingerprint density at radius 2 is 1.01 bits per heavy atom. The zero-order valence-corrected chi connectivity index (χ0v) is 42.6. The molecule has 13 nitrogen and oxygen atoms in total. The molecule has 0 saturated carbocycles. The van der Waals surface area contributed by atoms with E-state index in [9.17, 15) is 19.2 Å². The Bertz CT molecular complexity index is 2570. The second-order valence-electron chi connectivity index (χ2n) is 19.5. The van der Waals surface area contributed by atoms with Crippen LogP contribution in [-0.4, -0.2) is 132 Å². The second kappa shape index (κ2) is 23.7. The number of Topliss-reactive ketones (excluding diaryl/α,β-unsaturated/α-hetero) is 1. The summed E-state index contributed by atoms with van der Waals surface area (Å²) in [6, 6.07) is 35.5. The molecule has 0 unspecified atom stereocenters. The number of carbonyl (C=O) groups excluding carboxylic acids is 4. The van der Waals surface area contributed by atoms with Crippen LogP contribution in [0.3, 0.4) is 0 Å². The molecule has 4 aromatic carbocycles. The molecular formula is C57H65N9O4S2. The smallest absolute Gasteiger partial charge is 0.250 e. The minimum Gasteiger partial charge on any atom is -0.340 e. The Morgan fingerprint density at radius 1 is 0.556 bits per heavy atom. The number of hydrogen-bond donors (Lipinski definition) is 3. The van der Waals surface area contributed by atoms with Crippen LogP contribution in [0.15, 0.2) is 122 Å². The number of nitrogens with zero attached hydrogens (tertiary/aromatic N) is 6. The molecule has 0 bridgehead atoms. The van der Waals surface area contributed by atoms with Gasteiger partial charge in [0.25, 0.3) is 0 Å². The standard InChI is InChI=1S/C57H65N9O4S2/c67-46(23-31-63-33-25-58-26-34-63)37-47(42-9-3-1-4-10-42)56(69)65-29-7-13-48(65)54-60-38-50(71-54)43-19-15-40(16-20-43)41-17-21-44(22-18-41)51-39-61-55(72-51)49-14-8-30-66(49)57(70)53(45-11-5-2-6-12-45)62-52(68)24-32-64-35-27-59-28-36-64/h1-6,9-12,15-22,38-39,47-49,53,58-59H,7-8,13-14,23-37H2,(H,62,68)/t47-,48+,49+,53-/m1/s1. The number of ketones is 1. The third-order valence-corrected chi connectivity index (χ3v) is 17.1. The molecule has 4 aliphatic rings. The highest BCUT2D eigenvalue weighted by molar-refractivity contribution is 7.15. The van der Waals surface area contributed by atoms with E-state index in [1.165, 1.54) is 0 Å². The fourth-order valence-electron chi connectivity index (χ4n) is 10.7. The van der Waals surface area contributed by atoms with E-state index in [2.05, 4.69) is 74.3 Å². The number of hydrogen-bond acceptors (Lipinski definition) is 12. The molecular weight excluding hydrogens is 939 g/mol. The SMILES string of the molecule is O=C(CCN1CCNCC1)C[C@@H](C(=O)N1CCC[C@H]1c1ncc(-c2ccc(-c3ccc(-c4cnc([C@@H]5CCCN5C(=O)[C@H](NC(=O)CCN5CCNCC5)c5ccccc5)s4)cc3)cc2)s1)c1ccccc1. The van der Waals surface area contributed by atoms with Crippen LogP contribution in [0.5, 0.6) is 0 Å². The van der Waals surface area contributed by atoms with E-state index < -0.39 is 12.0 Å². The van der Waals surface area contributed by atoms with Crippen LogP contribution in [0, 0.1) is 0 Å². The Balaban J connectivity index is 0.767. The maximum atomic E-state index is 14.5. The molecule has 0 aliphatic carbocycles. The van der Waals surface area contributed by atoms with E-state index in [0.717, 1.165) is 138 Å². The number of amides is 3. The van der Waals surface area contributed by atoms with Gasteiger partial charge in [0.05, 0.1) is 27.8 Å². The molecule has 4 saturated heterocycles. The lowest BCUT2D eigenvalue weighted by Crippen LogP contribution is -2.46. The average molecular weight is 1000 g/mol. The van der Waals surface area contributed by atoms with E-state index in [4.69, 9.17) is 9.97 Å². The van der Waals surface area contributed by atoms with E-state index >= 15 is 0 Å². The van der Waals surface area contributed by atoms with Crippen molar-refractivity contribution in [2.24, 2.45) is 0 Å². The molecule has 6 aromatic rings. The van der Waals surface area contributed by atoms with Gasteiger partial charge in [-0.2, -0.15) is 0 Å². The highest BCUT2D eigenvalue weighted by atomic mass is 32.1. The first-order valence-corrected chi connectivity index (χ1v) is 27.5. The zero-order valence-electron chi connectivity index (χ0n) is 40.9. The number of carbonyl (C=O) groups is 4. The minimum atomic E-state index is -0.760. The first-order valence-electron chi connectivity index (χ1n) is 25.9. The van der Waals surface area contributed by atoms with Crippen molar-refractivity contribution in [2.45, 2.75) is 69.0 Å². The fourth-order valence-corrected chi connectivity index (χ4v) is 12.8. The van der Waals surface area contributed by atoms with Crippen LogP contribution < -0.4 is 16.0 Å². The Morgan fingerprint density at radius 3 is 1.53 bits per heavy atom. The molecule has 3 N–H and O–H groups in total. The van der Waals surface area contributed by atoms with Crippen LogP contribution in [0.4, 0.5) is 0 Å². The maximum absolute atomic E-state index is 14.5. The van der Waals surface area contributed by atoms with Crippen molar-refractivity contribution in [1.29, 1.82) is 0 Å². The molecule has 4 fully saturated rings. The highest BCUT2D eigenvalue weighted by Gasteiger charge is 2.39. The quantitative estimate of drug-likeness (QED) is 0.0773. The molecule has 4 atom stereocenters. The number of aromatic nitrogens is 2. The molecule has 10 rings (SSSR count). The molecule has 374 valence electrons. The molecule has 6 heterocycles. The van der Waals surface area contributed by atoms with E-state index in [-0.39, 0.29) is 42.0 Å². The van der Waals surface area contributed by atoms with Crippen molar-refractivity contribution in [2.75, 3.05) is 78.5 Å². The van der Waals surface area contributed by atoms with Gasteiger partial charge in [0.1, 0.15) is 21.8 Å². The summed E-state index contributed by atoms with van der Waals surface area (Å²) in [5, 5.41) is 11.7. The zero-order chi connectivity index (χ0) is 49.2. The van der Waals surface area contributed by atoms with Gasteiger partial charge in [-0.05, 0) is 59.1 Å². The number of benzene rings is 4. The number of likely N-dealkylation sites (tertiary alicyclic amines) is 2. The minimum absolute atomic E-state index is 0.0158. The van der Waals surface area contributed by atoms with Crippen molar-refractivity contribution in [1.82, 2.24) is 45.5 Å². The summed E-state index contributed by atoms with van der Waals surface area (Å²) in [6.45, 7) is 10.2. The van der Waals surface area contributed by atoms with E-state index in [1.807, 2.05) is 82.9 Å². The van der Waals surface area contributed by atoms with E-state index in [0.29, 0.717) is 32.5 Å². The largest absolute Gasteiger partial charge is 0.340 e. The molecule has 15 heteroatoms. The Kier molecular flexibility index (Phi) is 16.4. The van der Waals surface area contributed by atoms with Crippen LogP contribution in [0.2, 0.25) is 0 Å². The van der Waals surface area contributed by atoms with Gasteiger partial charge in [0, 0.05) is 110 Å². The lowest BCUT2D eigenvalue weighted by molar-refractivity contribution is -0.137. The molecule has 3 amide bonds. The third-order valence-electron chi connectivity index (χ3n) is 14.8. The van der Waals surface area contributed by atoms with Crippen LogP contribution in [0.1, 0.15) is 90.1 Å². The van der Waals surface area contributed by atoms with Gasteiger partial charge < -0.3 is 35.6 Å². The maximum Gasteiger partial charge on any atom is 0.250 e. The second-order valence-corrected chi connectivity index (χ2v) is 21.6. The Labute approximate surface area is 431 Å². The van der Waals surface area contributed by atoms with Crippen LogP contribution in [0.25, 0.3) is 32.0 Å². The van der Waals surface area contributed by atoms with Crippen LogP contribution >= 0.6 is 22.7 Å². The number of thiazole rings is 2. The predicted molar refractivity (Wildman–Crippen MR) is 285 cm³/mol. The van der Waals surface area contributed by atoms with Crippen molar-refractivity contribution in [3.63, 3.8) is 0 Å². The molecule has 0 radical (unpaired) electrons. The van der Waals surface area contributed by atoms with Gasteiger partial charge in [0.2, 0.25) is 17.7 Å². The fraction of sp³-hybridized carbons (Fsp3) is 0.404. The molecule has 0 spiro atoms. The molecule has 72 heavy (non-hydrogen) atoms. The van der Waals surface area contributed by atoms with Crippen molar-refractivity contribution < 1.29 is 19.2 Å². The summed E-state index contributed by atoms with van der Waals surface area (Å²) in [5.41, 5.74) is 6.03. The number of nitrogens with one attached hydrogen (secondary N) is 3. The summed E-state index contributed by atoms with van der Waals surface area (Å²) in [6.07, 6.45) is 8.31. The Hall–Kier alpha value is -5.94. The van der Waals surface area contributed by atoms with Gasteiger partial charge in [-0.1, -0.05) is 109 Å². The first-order chi connectivity index (χ1) is 35.3. The molecule has 4 aliphatic heterocycles. The van der Waals surface area contributed by atoms with Gasteiger partial charge in [0.15, 0.2) is 0 Å². The normalized spacial score (nSPS) is 19.6. The van der Waals surface area contributed by atoms with Gasteiger partial charge in [-0.15, -0.1) is 22.7 Å². The topological polar surface area (TPSA) is 143 Å². The summed E-state index contributed by atoms with van der Waals surface area (Å²) in [5.74, 6) is -0.573. The average Bonchev–Trinajstić information content (AvgIpc) is 4.30.